The molecule has 1 aromatic carbocycles. The van der Waals surface area contributed by atoms with Gasteiger partial charge in [-0.3, -0.25) is 10.2 Å². The number of nitrogens with two attached hydrogens (primary N) is 1. The van der Waals surface area contributed by atoms with Gasteiger partial charge >= 0.3 is 0 Å². The van der Waals surface area contributed by atoms with Gasteiger partial charge in [-0.2, -0.15) is 0 Å². The molecule has 21 heavy (non-hydrogen) atoms. The SMILES string of the molecule is NNC(=O)c1ccc2[nH]c3c(c2c1)CC1(CC3)OCCO1. The number of benzene rings is 1. The molecule has 6 nitrogen and oxygen atoms in total. The normalized spacial score (nSPS) is 19.9. The highest BCUT2D eigenvalue weighted by atomic mass is 16.7. The van der Waals surface area contributed by atoms with Gasteiger partial charge in [0.2, 0.25) is 0 Å². The third-order valence-corrected chi connectivity index (χ3v) is 4.40. The van der Waals surface area contributed by atoms with Gasteiger partial charge in [0.1, 0.15) is 0 Å². The maximum absolute atomic E-state index is 11.7. The summed E-state index contributed by atoms with van der Waals surface area (Å²) in [4.78, 5) is 15.1. The lowest BCUT2D eigenvalue weighted by Gasteiger charge is -2.31. The van der Waals surface area contributed by atoms with Crippen molar-refractivity contribution in [1.82, 2.24) is 10.4 Å². The number of fused-ring (bicyclic) bond motifs is 3. The minimum Gasteiger partial charge on any atom is -0.358 e. The summed E-state index contributed by atoms with van der Waals surface area (Å²) >= 11 is 0. The van der Waals surface area contributed by atoms with Crippen molar-refractivity contribution < 1.29 is 14.3 Å². The lowest BCUT2D eigenvalue weighted by Crippen LogP contribution is -2.36. The Bertz CT molecular complexity index is 716. The lowest BCUT2D eigenvalue weighted by molar-refractivity contribution is -0.163. The van der Waals surface area contributed by atoms with Crippen molar-refractivity contribution in [1.29, 1.82) is 0 Å². The number of carbonyl (C=O) groups is 1. The zero-order valence-electron chi connectivity index (χ0n) is 11.6. The number of ether oxygens (including phenoxy) is 2. The van der Waals surface area contributed by atoms with E-state index in [1.807, 2.05) is 12.1 Å². The van der Waals surface area contributed by atoms with E-state index in [2.05, 4.69) is 10.4 Å². The third kappa shape index (κ3) is 1.95. The molecule has 1 aromatic heterocycles. The van der Waals surface area contributed by atoms with Crippen LogP contribution in [-0.4, -0.2) is 29.9 Å². The van der Waals surface area contributed by atoms with Crippen LogP contribution >= 0.6 is 0 Å². The molecule has 0 atom stereocenters. The third-order valence-electron chi connectivity index (χ3n) is 4.40. The molecule has 1 saturated heterocycles. The number of rotatable bonds is 1. The summed E-state index contributed by atoms with van der Waals surface area (Å²) in [7, 11) is 0. The standard InChI is InChI=1S/C15H17N3O3/c16-18-14(19)9-1-2-12-10(7-9)11-8-15(20-5-6-21-15)4-3-13(11)17-12/h1-2,7,17H,3-6,8,16H2,(H,18,19). The van der Waals surface area contributed by atoms with Gasteiger partial charge in [0.15, 0.2) is 5.79 Å². The molecule has 2 heterocycles. The second-order valence-electron chi connectivity index (χ2n) is 5.60. The first-order chi connectivity index (χ1) is 10.2. The van der Waals surface area contributed by atoms with Crippen LogP contribution in [-0.2, 0) is 22.3 Å². The van der Waals surface area contributed by atoms with Crippen molar-refractivity contribution in [2.75, 3.05) is 13.2 Å². The molecule has 0 radical (unpaired) electrons. The summed E-state index contributed by atoms with van der Waals surface area (Å²) in [6.45, 7) is 1.30. The molecule has 1 spiro atoms. The fourth-order valence-corrected chi connectivity index (χ4v) is 3.36. The van der Waals surface area contributed by atoms with Gasteiger partial charge in [-0.25, -0.2) is 5.84 Å². The predicted octanol–water partition coefficient (Wildman–Crippen LogP) is 1.00. The van der Waals surface area contributed by atoms with Crippen LogP contribution in [0.15, 0.2) is 18.2 Å². The van der Waals surface area contributed by atoms with Crippen LogP contribution in [0, 0.1) is 0 Å². The fraction of sp³-hybridized carbons (Fsp3) is 0.400. The topological polar surface area (TPSA) is 89.4 Å². The van der Waals surface area contributed by atoms with E-state index in [4.69, 9.17) is 15.3 Å². The van der Waals surface area contributed by atoms with E-state index in [0.717, 1.165) is 30.2 Å². The molecule has 0 unspecified atom stereocenters. The lowest BCUT2D eigenvalue weighted by atomic mass is 9.90. The Kier molecular flexibility index (Phi) is 2.78. The molecule has 1 amide bonds. The first-order valence-corrected chi connectivity index (χ1v) is 7.13. The molecule has 1 aliphatic carbocycles. The molecule has 2 aliphatic rings. The summed E-state index contributed by atoms with van der Waals surface area (Å²) in [5, 5.41) is 1.05. The Labute approximate surface area is 121 Å². The zero-order valence-corrected chi connectivity index (χ0v) is 11.6. The Morgan fingerprint density at radius 3 is 2.90 bits per heavy atom. The molecule has 6 heteroatoms. The highest BCUT2D eigenvalue weighted by Crippen LogP contribution is 2.38. The fourth-order valence-electron chi connectivity index (χ4n) is 3.36. The Morgan fingerprint density at radius 2 is 2.14 bits per heavy atom. The van der Waals surface area contributed by atoms with Gasteiger partial charge in [0.25, 0.3) is 5.91 Å². The summed E-state index contributed by atoms with van der Waals surface area (Å²) in [6, 6.07) is 5.56. The number of nitrogen functional groups attached to an aromatic ring is 1. The first kappa shape index (κ1) is 12.8. The molecule has 0 saturated carbocycles. The molecular formula is C15H17N3O3. The maximum Gasteiger partial charge on any atom is 0.265 e. The second kappa shape index (κ2) is 4.56. The number of carbonyl (C=O) groups excluding carboxylic acids is 1. The van der Waals surface area contributed by atoms with Crippen molar-refractivity contribution in [2.24, 2.45) is 5.84 Å². The molecule has 110 valence electrons. The smallest absolute Gasteiger partial charge is 0.265 e. The minimum absolute atomic E-state index is 0.286. The zero-order chi connectivity index (χ0) is 14.4. The largest absolute Gasteiger partial charge is 0.358 e. The van der Waals surface area contributed by atoms with Crippen LogP contribution in [0.5, 0.6) is 0 Å². The highest BCUT2D eigenvalue weighted by molar-refractivity contribution is 5.98. The summed E-state index contributed by atoms with van der Waals surface area (Å²) in [6.07, 6.45) is 2.47. The Balaban J connectivity index is 1.81. The van der Waals surface area contributed by atoms with Crippen LogP contribution in [0.1, 0.15) is 28.0 Å². The van der Waals surface area contributed by atoms with E-state index in [9.17, 15) is 4.79 Å². The summed E-state index contributed by atoms with van der Waals surface area (Å²) < 4.78 is 11.6. The van der Waals surface area contributed by atoms with E-state index in [-0.39, 0.29) is 5.91 Å². The summed E-state index contributed by atoms with van der Waals surface area (Å²) in [5.74, 6) is 4.44. The van der Waals surface area contributed by atoms with Crippen LogP contribution in [0.25, 0.3) is 10.9 Å². The average molecular weight is 287 g/mol. The van der Waals surface area contributed by atoms with Gasteiger partial charge < -0.3 is 14.5 Å². The average Bonchev–Trinajstić information content (AvgIpc) is 3.11. The van der Waals surface area contributed by atoms with Gasteiger partial charge in [0, 0.05) is 35.0 Å². The van der Waals surface area contributed by atoms with E-state index >= 15 is 0 Å². The van der Waals surface area contributed by atoms with Crippen molar-refractivity contribution in [3.63, 3.8) is 0 Å². The number of nitrogens with one attached hydrogen (secondary N) is 2. The molecule has 1 fully saturated rings. The van der Waals surface area contributed by atoms with Gasteiger partial charge in [-0.05, 0) is 30.2 Å². The minimum atomic E-state index is -0.478. The first-order valence-electron chi connectivity index (χ1n) is 7.13. The number of aromatic amines is 1. The number of hydrazine groups is 1. The van der Waals surface area contributed by atoms with Gasteiger partial charge in [-0.1, -0.05) is 0 Å². The van der Waals surface area contributed by atoms with Crippen molar-refractivity contribution in [3.05, 3.63) is 35.0 Å². The van der Waals surface area contributed by atoms with E-state index in [1.54, 1.807) is 6.07 Å². The molecule has 0 bridgehead atoms. The van der Waals surface area contributed by atoms with Crippen LogP contribution in [0.3, 0.4) is 0 Å². The van der Waals surface area contributed by atoms with Crippen LogP contribution < -0.4 is 11.3 Å². The Hall–Kier alpha value is -1.89. The van der Waals surface area contributed by atoms with E-state index in [0.29, 0.717) is 18.8 Å². The van der Waals surface area contributed by atoms with E-state index < -0.39 is 5.79 Å². The van der Waals surface area contributed by atoms with E-state index in [1.165, 1.54) is 11.3 Å². The maximum atomic E-state index is 11.7. The van der Waals surface area contributed by atoms with Gasteiger partial charge in [-0.15, -0.1) is 0 Å². The van der Waals surface area contributed by atoms with Crippen LogP contribution in [0.2, 0.25) is 0 Å². The molecular weight excluding hydrogens is 270 g/mol. The van der Waals surface area contributed by atoms with Crippen LogP contribution in [0.4, 0.5) is 0 Å². The number of amides is 1. The number of aryl methyl sites for hydroxylation is 1. The van der Waals surface area contributed by atoms with Crippen molar-refractivity contribution in [2.45, 2.75) is 25.0 Å². The van der Waals surface area contributed by atoms with Crippen molar-refractivity contribution in [3.8, 4) is 0 Å². The molecule has 4 rings (SSSR count). The molecule has 2 aromatic rings. The molecule has 1 aliphatic heterocycles. The number of hydrogen-bond acceptors (Lipinski definition) is 4. The second-order valence-corrected chi connectivity index (χ2v) is 5.60. The predicted molar refractivity (Wildman–Crippen MR) is 76.6 cm³/mol. The quantitative estimate of drug-likeness (QED) is 0.415. The van der Waals surface area contributed by atoms with Crippen molar-refractivity contribution >= 4 is 16.8 Å². The monoisotopic (exact) mass is 287 g/mol. The Morgan fingerprint density at radius 1 is 1.33 bits per heavy atom. The summed E-state index contributed by atoms with van der Waals surface area (Å²) in [5.41, 5.74) is 6.15. The number of aromatic nitrogens is 1. The highest BCUT2D eigenvalue weighted by Gasteiger charge is 2.41. The number of hydrogen-bond donors (Lipinski definition) is 3. The van der Waals surface area contributed by atoms with Gasteiger partial charge in [0.05, 0.1) is 13.2 Å². The number of H-pyrrole nitrogens is 1. The molecule has 4 N–H and O–H groups in total.